The number of benzene rings is 2. The maximum absolute atomic E-state index is 13.4. The predicted molar refractivity (Wildman–Crippen MR) is 147 cm³/mol. The number of nitrogens with one attached hydrogen (secondary N) is 2. The molecule has 4 atom stereocenters. The van der Waals surface area contributed by atoms with Crippen LogP contribution < -0.4 is 22.1 Å². The summed E-state index contributed by atoms with van der Waals surface area (Å²) in [5.74, 6) is -2.53. The fraction of sp³-hybridized carbons (Fsp3) is 0.448. The van der Waals surface area contributed by atoms with E-state index in [1.807, 2.05) is 36.4 Å². The Morgan fingerprint density at radius 1 is 0.897 bits per heavy atom. The third kappa shape index (κ3) is 8.90. The molecule has 2 aromatic rings. The summed E-state index contributed by atoms with van der Waals surface area (Å²) in [4.78, 5) is 53.2. The number of hydrogen-bond donors (Lipinski definition) is 5. The van der Waals surface area contributed by atoms with Crippen molar-refractivity contribution in [3.8, 4) is 0 Å². The quantitative estimate of drug-likeness (QED) is 0.224. The van der Waals surface area contributed by atoms with Crippen LogP contribution >= 0.6 is 0 Å². The monoisotopic (exact) mass is 537 g/mol. The number of carbonyl (C=O) groups is 4. The first kappa shape index (κ1) is 29.8. The smallest absolute Gasteiger partial charge is 0.326 e. The largest absolute Gasteiger partial charge is 0.480 e. The van der Waals surface area contributed by atoms with E-state index in [2.05, 4.69) is 10.6 Å². The zero-order valence-electron chi connectivity index (χ0n) is 22.1. The minimum Gasteiger partial charge on any atom is -0.480 e. The van der Waals surface area contributed by atoms with E-state index in [9.17, 15) is 24.3 Å². The molecular formula is C29H39N5O5. The number of carboxylic acid groups (broad SMARTS) is 1. The van der Waals surface area contributed by atoms with Crippen LogP contribution in [-0.4, -0.2) is 71.0 Å². The lowest BCUT2D eigenvalue weighted by Crippen LogP contribution is -2.57. The molecule has 0 spiro atoms. The lowest BCUT2D eigenvalue weighted by molar-refractivity contribution is -0.143. The van der Waals surface area contributed by atoms with Crippen molar-refractivity contribution in [2.24, 2.45) is 11.5 Å². The highest BCUT2D eigenvalue weighted by Crippen LogP contribution is 2.20. The summed E-state index contributed by atoms with van der Waals surface area (Å²) in [6, 6.07) is 14.5. The van der Waals surface area contributed by atoms with Gasteiger partial charge >= 0.3 is 5.97 Å². The number of nitrogens with zero attached hydrogens (tertiary/aromatic N) is 1. The second kappa shape index (κ2) is 15.0. The van der Waals surface area contributed by atoms with Gasteiger partial charge in [-0.05, 0) is 43.4 Å². The van der Waals surface area contributed by atoms with Gasteiger partial charge in [0.05, 0.1) is 6.04 Å². The molecule has 2 aromatic carbocycles. The van der Waals surface area contributed by atoms with Crippen molar-refractivity contribution in [1.82, 2.24) is 15.5 Å². The highest BCUT2D eigenvalue weighted by atomic mass is 16.4. The number of nitrogens with two attached hydrogens (primary N) is 2. The second-order valence-corrected chi connectivity index (χ2v) is 9.92. The summed E-state index contributed by atoms with van der Waals surface area (Å²) in [7, 11) is 0. The summed E-state index contributed by atoms with van der Waals surface area (Å²) in [6.45, 7) is 0.934. The third-order valence-electron chi connectivity index (χ3n) is 6.94. The van der Waals surface area contributed by atoms with Crippen molar-refractivity contribution in [1.29, 1.82) is 0 Å². The first-order chi connectivity index (χ1) is 18.8. The molecule has 210 valence electrons. The zero-order chi connectivity index (χ0) is 28.2. The summed E-state index contributed by atoms with van der Waals surface area (Å²) < 4.78 is 0. The number of amides is 3. The van der Waals surface area contributed by atoms with E-state index in [-0.39, 0.29) is 18.7 Å². The first-order valence-electron chi connectivity index (χ1n) is 13.5. The average molecular weight is 538 g/mol. The van der Waals surface area contributed by atoms with E-state index in [4.69, 9.17) is 11.5 Å². The van der Waals surface area contributed by atoms with Crippen LogP contribution in [0.1, 0.15) is 43.2 Å². The van der Waals surface area contributed by atoms with Crippen LogP contribution in [0.3, 0.4) is 0 Å². The normalized spacial score (nSPS) is 17.2. The fourth-order valence-electron chi connectivity index (χ4n) is 4.80. The number of carboxylic acids is 1. The van der Waals surface area contributed by atoms with Crippen LogP contribution in [0.2, 0.25) is 0 Å². The number of rotatable bonds is 14. The molecule has 0 aromatic heterocycles. The van der Waals surface area contributed by atoms with Crippen LogP contribution in [0.25, 0.3) is 0 Å². The Morgan fingerprint density at radius 3 is 2.05 bits per heavy atom. The van der Waals surface area contributed by atoms with E-state index < -0.39 is 42.0 Å². The molecule has 10 heteroatoms. The van der Waals surface area contributed by atoms with Crippen molar-refractivity contribution in [2.75, 3.05) is 13.1 Å². The Labute approximate surface area is 229 Å². The number of aliphatic carboxylic acids is 1. The highest BCUT2D eigenvalue weighted by Gasteiger charge is 2.38. The molecule has 0 bridgehead atoms. The van der Waals surface area contributed by atoms with Gasteiger partial charge in [0.1, 0.15) is 18.1 Å². The van der Waals surface area contributed by atoms with Crippen molar-refractivity contribution in [3.63, 3.8) is 0 Å². The standard InChI is InChI=1S/C29H39N5O5/c30-16-8-7-14-22(31)28(37)34-17-9-15-25(34)27(36)32-23(18-20-10-3-1-4-11-20)26(35)33-24(29(38)39)19-21-12-5-2-6-13-21/h1-6,10-13,22-25H,7-9,14-19,30-31H2,(H,32,36)(H,33,35)(H,38,39). The van der Waals surface area contributed by atoms with E-state index >= 15 is 0 Å². The molecule has 0 radical (unpaired) electrons. The lowest BCUT2D eigenvalue weighted by atomic mass is 10.0. The highest BCUT2D eigenvalue weighted by molar-refractivity contribution is 5.94. The molecule has 3 amide bonds. The fourth-order valence-corrected chi connectivity index (χ4v) is 4.80. The van der Waals surface area contributed by atoms with Crippen molar-refractivity contribution in [2.45, 2.75) is 69.1 Å². The summed E-state index contributed by atoms with van der Waals surface area (Å²) in [5, 5.41) is 15.2. The second-order valence-electron chi connectivity index (χ2n) is 9.92. The third-order valence-corrected chi connectivity index (χ3v) is 6.94. The Hall–Kier alpha value is -3.76. The molecule has 1 fully saturated rings. The molecule has 0 aliphatic carbocycles. The van der Waals surface area contributed by atoms with Crippen LogP contribution in [0.15, 0.2) is 60.7 Å². The average Bonchev–Trinajstić information content (AvgIpc) is 3.43. The van der Waals surface area contributed by atoms with Crippen LogP contribution in [0.4, 0.5) is 0 Å². The number of likely N-dealkylation sites (tertiary alicyclic amines) is 1. The van der Waals surface area contributed by atoms with Gasteiger partial charge in [-0.2, -0.15) is 0 Å². The van der Waals surface area contributed by atoms with Gasteiger partial charge in [-0.15, -0.1) is 0 Å². The molecule has 7 N–H and O–H groups in total. The topological polar surface area (TPSA) is 168 Å². The van der Waals surface area contributed by atoms with Gasteiger partial charge in [0.25, 0.3) is 0 Å². The summed E-state index contributed by atoms with van der Waals surface area (Å²) in [6.07, 6.45) is 3.34. The van der Waals surface area contributed by atoms with E-state index in [1.165, 1.54) is 4.90 Å². The Balaban J connectivity index is 1.73. The Morgan fingerprint density at radius 2 is 1.49 bits per heavy atom. The molecule has 0 saturated carbocycles. The molecule has 1 heterocycles. The van der Waals surface area contributed by atoms with E-state index in [1.54, 1.807) is 24.3 Å². The van der Waals surface area contributed by atoms with Crippen molar-refractivity contribution in [3.05, 3.63) is 71.8 Å². The SMILES string of the molecule is NCCCCC(N)C(=O)N1CCCC1C(=O)NC(Cc1ccccc1)C(=O)NC(Cc1ccccc1)C(=O)O. The number of carbonyl (C=O) groups excluding carboxylic acids is 3. The van der Waals surface area contributed by atoms with Crippen LogP contribution in [0, 0.1) is 0 Å². The van der Waals surface area contributed by atoms with Crippen LogP contribution in [-0.2, 0) is 32.0 Å². The Bertz CT molecular complexity index is 1100. The van der Waals surface area contributed by atoms with Gasteiger partial charge < -0.3 is 32.1 Å². The van der Waals surface area contributed by atoms with E-state index in [0.717, 1.165) is 24.0 Å². The molecule has 39 heavy (non-hydrogen) atoms. The molecular weight excluding hydrogens is 498 g/mol. The lowest BCUT2D eigenvalue weighted by Gasteiger charge is -2.29. The zero-order valence-corrected chi connectivity index (χ0v) is 22.1. The van der Waals surface area contributed by atoms with Gasteiger partial charge in [-0.25, -0.2) is 4.79 Å². The minimum atomic E-state index is -1.17. The van der Waals surface area contributed by atoms with Crippen molar-refractivity contribution >= 4 is 23.7 Å². The summed E-state index contributed by atoms with van der Waals surface area (Å²) >= 11 is 0. The predicted octanol–water partition coefficient (Wildman–Crippen LogP) is 0.973. The maximum atomic E-state index is 13.4. The molecule has 3 rings (SSSR count). The van der Waals surface area contributed by atoms with Gasteiger partial charge in [-0.1, -0.05) is 67.1 Å². The minimum absolute atomic E-state index is 0.0981. The molecule has 1 saturated heterocycles. The molecule has 1 aliphatic rings. The molecule has 4 unspecified atom stereocenters. The molecule has 10 nitrogen and oxygen atoms in total. The van der Waals surface area contributed by atoms with Crippen molar-refractivity contribution < 1.29 is 24.3 Å². The van der Waals surface area contributed by atoms with E-state index in [0.29, 0.717) is 32.4 Å². The van der Waals surface area contributed by atoms with Gasteiger partial charge in [0.15, 0.2) is 0 Å². The van der Waals surface area contributed by atoms with Gasteiger partial charge in [-0.3, -0.25) is 14.4 Å². The first-order valence-corrected chi connectivity index (χ1v) is 13.5. The number of hydrogen-bond acceptors (Lipinski definition) is 6. The Kier molecular flexibility index (Phi) is 11.4. The summed E-state index contributed by atoms with van der Waals surface area (Å²) in [5.41, 5.74) is 13.2. The van der Waals surface area contributed by atoms with Gasteiger partial charge in [0.2, 0.25) is 17.7 Å². The maximum Gasteiger partial charge on any atom is 0.326 e. The van der Waals surface area contributed by atoms with Gasteiger partial charge in [0, 0.05) is 19.4 Å². The molecule has 1 aliphatic heterocycles. The number of unbranched alkanes of at least 4 members (excludes halogenated alkanes) is 1. The van der Waals surface area contributed by atoms with Crippen LogP contribution in [0.5, 0.6) is 0 Å².